The number of benzene rings is 2. The summed E-state index contributed by atoms with van der Waals surface area (Å²) in [7, 11) is 0. The Morgan fingerprint density at radius 2 is 1.71 bits per heavy atom. The molecule has 2 amide bonds. The van der Waals surface area contributed by atoms with Crippen molar-refractivity contribution < 1.29 is 19.0 Å². The van der Waals surface area contributed by atoms with Crippen molar-refractivity contribution in [3.63, 3.8) is 0 Å². The SMILES string of the molecule is Cc1ccc(NC(=O)N(C[C@H]2CCCO2)C[C@@H]2CCCO2)c(OCc2ccccc2)c1. The number of amides is 2. The smallest absolute Gasteiger partial charge is 0.322 e. The summed E-state index contributed by atoms with van der Waals surface area (Å²) >= 11 is 0. The Morgan fingerprint density at radius 3 is 2.32 bits per heavy atom. The van der Waals surface area contributed by atoms with Gasteiger partial charge in [-0.3, -0.25) is 0 Å². The van der Waals surface area contributed by atoms with Gasteiger partial charge in [0.1, 0.15) is 12.4 Å². The van der Waals surface area contributed by atoms with E-state index in [1.807, 2.05) is 60.4 Å². The Hall–Kier alpha value is -2.57. The van der Waals surface area contributed by atoms with E-state index in [9.17, 15) is 4.79 Å². The number of aryl methyl sites for hydroxylation is 1. The summed E-state index contributed by atoms with van der Waals surface area (Å²) in [6.45, 7) is 5.17. The minimum atomic E-state index is -0.139. The average Bonchev–Trinajstić information content (AvgIpc) is 3.48. The standard InChI is InChI=1S/C25H32N2O4/c1-19-11-12-23(24(15-19)31-18-20-7-3-2-4-8-20)26-25(28)27(16-21-9-5-13-29-21)17-22-10-6-14-30-22/h2-4,7-8,11-12,15,21-22H,5-6,9-10,13-14,16-18H2,1H3,(H,26,28)/t21-,22+. The van der Waals surface area contributed by atoms with Crippen molar-refractivity contribution in [2.45, 2.75) is 51.4 Å². The van der Waals surface area contributed by atoms with Gasteiger partial charge in [0, 0.05) is 26.3 Å². The lowest BCUT2D eigenvalue weighted by molar-refractivity contribution is 0.0524. The van der Waals surface area contributed by atoms with Crippen molar-refractivity contribution in [2.75, 3.05) is 31.6 Å². The zero-order valence-electron chi connectivity index (χ0n) is 18.2. The molecule has 0 radical (unpaired) electrons. The number of urea groups is 1. The molecule has 1 N–H and O–H groups in total. The van der Waals surface area contributed by atoms with Crippen molar-refractivity contribution in [2.24, 2.45) is 0 Å². The molecule has 0 saturated carbocycles. The molecule has 166 valence electrons. The van der Waals surface area contributed by atoms with Crippen LogP contribution in [0.2, 0.25) is 0 Å². The van der Waals surface area contributed by atoms with Crippen LogP contribution in [-0.2, 0) is 16.1 Å². The molecule has 0 spiro atoms. The van der Waals surface area contributed by atoms with Crippen LogP contribution in [0.5, 0.6) is 5.75 Å². The number of hydrogen-bond donors (Lipinski definition) is 1. The van der Waals surface area contributed by atoms with Crippen molar-refractivity contribution in [3.8, 4) is 5.75 Å². The van der Waals surface area contributed by atoms with Crippen LogP contribution >= 0.6 is 0 Å². The number of rotatable bonds is 8. The summed E-state index contributed by atoms with van der Waals surface area (Å²) in [6.07, 6.45) is 4.28. The van der Waals surface area contributed by atoms with Gasteiger partial charge in [-0.1, -0.05) is 36.4 Å². The van der Waals surface area contributed by atoms with Crippen LogP contribution in [0.1, 0.15) is 36.8 Å². The average molecular weight is 425 g/mol. The number of anilines is 1. The van der Waals surface area contributed by atoms with Gasteiger partial charge in [-0.25, -0.2) is 4.79 Å². The fraction of sp³-hybridized carbons (Fsp3) is 0.480. The van der Waals surface area contributed by atoms with Crippen molar-refractivity contribution in [1.29, 1.82) is 0 Å². The number of carbonyl (C=O) groups is 1. The van der Waals surface area contributed by atoms with Gasteiger partial charge in [0.25, 0.3) is 0 Å². The highest BCUT2D eigenvalue weighted by Crippen LogP contribution is 2.27. The Kier molecular flexibility index (Phi) is 7.43. The fourth-order valence-corrected chi connectivity index (χ4v) is 4.09. The van der Waals surface area contributed by atoms with E-state index in [4.69, 9.17) is 14.2 Å². The number of ether oxygens (including phenoxy) is 3. The Balaban J connectivity index is 1.45. The highest BCUT2D eigenvalue weighted by Gasteiger charge is 2.27. The summed E-state index contributed by atoms with van der Waals surface area (Å²) in [5, 5.41) is 3.07. The summed E-state index contributed by atoms with van der Waals surface area (Å²) in [5.41, 5.74) is 2.84. The lowest BCUT2D eigenvalue weighted by Gasteiger charge is -2.28. The lowest BCUT2D eigenvalue weighted by atomic mass is 10.2. The summed E-state index contributed by atoms with van der Waals surface area (Å²) in [5.74, 6) is 0.673. The number of carbonyl (C=O) groups excluding carboxylic acids is 1. The third-order valence-electron chi connectivity index (χ3n) is 5.80. The highest BCUT2D eigenvalue weighted by atomic mass is 16.5. The zero-order chi connectivity index (χ0) is 21.5. The molecular formula is C25H32N2O4. The molecule has 2 aromatic carbocycles. The van der Waals surface area contributed by atoms with Gasteiger partial charge in [0.2, 0.25) is 0 Å². The Bertz CT molecular complexity index is 828. The molecule has 2 fully saturated rings. The molecule has 0 bridgehead atoms. The van der Waals surface area contributed by atoms with E-state index in [0.29, 0.717) is 31.1 Å². The van der Waals surface area contributed by atoms with Crippen LogP contribution in [-0.4, -0.2) is 49.4 Å². The summed E-state index contributed by atoms with van der Waals surface area (Å²) in [4.78, 5) is 15.1. The molecule has 2 aromatic rings. The summed E-state index contributed by atoms with van der Waals surface area (Å²) < 4.78 is 17.6. The summed E-state index contributed by atoms with van der Waals surface area (Å²) in [6, 6.07) is 15.7. The predicted octanol–water partition coefficient (Wildman–Crippen LogP) is 4.77. The zero-order valence-corrected chi connectivity index (χ0v) is 18.2. The molecule has 2 aliphatic rings. The predicted molar refractivity (Wildman–Crippen MR) is 120 cm³/mol. The minimum absolute atomic E-state index is 0.0963. The van der Waals surface area contributed by atoms with Crippen molar-refractivity contribution in [1.82, 2.24) is 4.90 Å². The van der Waals surface area contributed by atoms with E-state index < -0.39 is 0 Å². The monoisotopic (exact) mass is 424 g/mol. The number of nitrogens with one attached hydrogen (secondary N) is 1. The molecular weight excluding hydrogens is 392 g/mol. The molecule has 2 saturated heterocycles. The normalized spacial score (nSPS) is 20.5. The number of nitrogens with zero attached hydrogens (tertiary/aromatic N) is 1. The van der Waals surface area contributed by atoms with Crippen LogP contribution in [0.15, 0.2) is 48.5 Å². The second kappa shape index (κ2) is 10.6. The third-order valence-corrected chi connectivity index (χ3v) is 5.80. The second-order valence-electron chi connectivity index (χ2n) is 8.38. The Morgan fingerprint density at radius 1 is 1.03 bits per heavy atom. The van der Waals surface area contributed by atoms with E-state index in [0.717, 1.165) is 50.0 Å². The molecule has 0 unspecified atom stereocenters. The second-order valence-corrected chi connectivity index (χ2v) is 8.38. The van der Waals surface area contributed by atoms with Gasteiger partial charge in [-0.2, -0.15) is 0 Å². The molecule has 6 nitrogen and oxygen atoms in total. The molecule has 2 aliphatic heterocycles. The first-order valence-electron chi connectivity index (χ1n) is 11.2. The molecule has 2 heterocycles. The van der Waals surface area contributed by atoms with Gasteiger partial charge >= 0.3 is 6.03 Å². The van der Waals surface area contributed by atoms with Crippen LogP contribution in [0.3, 0.4) is 0 Å². The van der Waals surface area contributed by atoms with Gasteiger partial charge in [0.05, 0.1) is 17.9 Å². The highest BCUT2D eigenvalue weighted by molar-refractivity contribution is 5.91. The first-order chi connectivity index (χ1) is 15.2. The molecule has 2 atom stereocenters. The third kappa shape index (κ3) is 6.21. The van der Waals surface area contributed by atoms with E-state index in [-0.39, 0.29) is 18.2 Å². The van der Waals surface area contributed by atoms with E-state index >= 15 is 0 Å². The van der Waals surface area contributed by atoms with Gasteiger partial charge < -0.3 is 24.4 Å². The molecule has 0 aromatic heterocycles. The van der Waals surface area contributed by atoms with E-state index in [1.165, 1.54) is 0 Å². The number of hydrogen-bond acceptors (Lipinski definition) is 4. The first-order valence-corrected chi connectivity index (χ1v) is 11.2. The quantitative estimate of drug-likeness (QED) is 0.663. The van der Waals surface area contributed by atoms with Gasteiger partial charge in [0.15, 0.2) is 0 Å². The van der Waals surface area contributed by atoms with Crippen LogP contribution < -0.4 is 10.1 Å². The van der Waals surface area contributed by atoms with Gasteiger partial charge in [-0.15, -0.1) is 0 Å². The van der Waals surface area contributed by atoms with E-state index in [2.05, 4.69) is 5.32 Å². The molecule has 31 heavy (non-hydrogen) atoms. The molecule has 6 heteroatoms. The van der Waals surface area contributed by atoms with Crippen molar-refractivity contribution in [3.05, 3.63) is 59.7 Å². The van der Waals surface area contributed by atoms with Gasteiger partial charge in [-0.05, 0) is 55.9 Å². The van der Waals surface area contributed by atoms with Crippen molar-refractivity contribution >= 4 is 11.7 Å². The van der Waals surface area contributed by atoms with Crippen LogP contribution in [0.25, 0.3) is 0 Å². The minimum Gasteiger partial charge on any atom is -0.487 e. The first kappa shape index (κ1) is 21.7. The lowest BCUT2D eigenvalue weighted by Crippen LogP contribution is -2.44. The fourth-order valence-electron chi connectivity index (χ4n) is 4.09. The Labute approximate surface area is 184 Å². The van der Waals surface area contributed by atoms with Crippen LogP contribution in [0, 0.1) is 6.92 Å². The largest absolute Gasteiger partial charge is 0.487 e. The topological polar surface area (TPSA) is 60.0 Å². The molecule has 0 aliphatic carbocycles. The maximum absolute atomic E-state index is 13.2. The maximum Gasteiger partial charge on any atom is 0.322 e. The van der Waals surface area contributed by atoms with E-state index in [1.54, 1.807) is 0 Å². The maximum atomic E-state index is 13.2. The molecule has 4 rings (SSSR count). The van der Waals surface area contributed by atoms with Crippen LogP contribution in [0.4, 0.5) is 10.5 Å².